The lowest BCUT2D eigenvalue weighted by Crippen LogP contribution is -2.15. The number of rotatable bonds is 4. The summed E-state index contributed by atoms with van der Waals surface area (Å²) in [5.41, 5.74) is 12.2. The van der Waals surface area contributed by atoms with E-state index in [1.807, 2.05) is 38.4 Å². The third-order valence-electron chi connectivity index (χ3n) is 2.31. The second-order valence-corrected chi connectivity index (χ2v) is 5.21. The first-order valence-electron chi connectivity index (χ1n) is 5.70. The molecule has 0 radical (unpaired) electrons. The van der Waals surface area contributed by atoms with Gasteiger partial charge in [0.1, 0.15) is 5.82 Å². The third kappa shape index (κ3) is 3.72. The predicted octanol–water partition coefficient (Wildman–Crippen LogP) is 1.39. The van der Waals surface area contributed by atoms with E-state index in [9.17, 15) is 0 Å². The highest BCUT2D eigenvalue weighted by molar-refractivity contribution is 7.98. The second kappa shape index (κ2) is 5.75. The van der Waals surface area contributed by atoms with Crippen molar-refractivity contribution in [1.82, 2.24) is 15.0 Å². The van der Waals surface area contributed by atoms with Gasteiger partial charge in [-0.2, -0.15) is 15.0 Å². The van der Waals surface area contributed by atoms with Crippen LogP contribution in [0.3, 0.4) is 0 Å². The van der Waals surface area contributed by atoms with E-state index in [-0.39, 0.29) is 5.95 Å². The number of thioether (sulfide) groups is 1. The van der Waals surface area contributed by atoms with Crippen molar-refractivity contribution in [3.8, 4) is 0 Å². The van der Waals surface area contributed by atoms with E-state index in [2.05, 4.69) is 15.0 Å². The summed E-state index contributed by atoms with van der Waals surface area (Å²) >= 11 is 1.61. The summed E-state index contributed by atoms with van der Waals surface area (Å²) in [6.07, 6.45) is 0. The van der Waals surface area contributed by atoms with Gasteiger partial charge in [-0.05, 0) is 18.2 Å². The number of hydrogen-bond donors (Lipinski definition) is 2. The van der Waals surface area contributed by atoms with Crippen LogP contribution in [0.1, 0.15) is 5.82 Å². The number of aromatic nitrogens is 3. The zero-order chi connectivity index (χ0) is 13.8. The largest absolute Gasteiger partial charge is 0.399 e. The normalized spacial score (nSPS) is 10.4. The molecule has 100 valence electrons. The summed E-state index contributed by atoms with van der Waals surface area (Å²) in [6.45, 7) is 0. The summed E-state index contributed by atoms with van der Waals surface area (Å²) in [6, 6.07) is 7.69. The topological polar surface area (TPSA) is 94.0 Å². The van der Waals surface area contributed by atoms with Crippen LogP contribution in [0.15, 0.2) is 29.2 Å². The molecule has 0 aliphatic rings. The Hall–Kier alpha value is -2.02. The van der Waals surface area contributed by atoms with Gasteiger partial charge >= 0.3 is 0 Å². The predicted molar refractivity (Wildman–Crippen MR) is 79.0 cm³/mol. The molecule has 0 aliphatic carbocycles. The average molecular weight is 276 g/mol. The van der Waals surface area contributed by atoms with Crippen molar-refractivity contribution < 1.29 is 0 Å². The standard InChI is InChI=1S/C12H16N6S/c1-18(2)12-16-10(15-11(14)17-12)7-19-9-5-3-4-8(13)6-9/h3-6H,7,13H2,1-2H3,(H2,14,15,16,17). The molecule has 0 unspecified atom stereocenters. The summed E-state index contributed by atoms with van der Waals surface area (Å²) in [5, 5.41) is 0. The lowest BCUT2D eigenvalue weighted by molar-refractivity contribution is 0.919. The number of nitrogens with zero attached hydrogens (tertiary/aromatic N) is 4. The van der Waals surface area contributed by atoms with Crippen molar-refractivity contribution in [3.05, 3.63) is 30.1 Å². The molecule has 4 N–H and O–H groups in total. The van der Waals surface area contributed by atoms with E-state index in [0.29, 0.717) is 17.5 Å². The molecule has 0 atom stereocenters. The third-order valence-corrected chi connectivity index (χ3v) is 3.30. The fraction of sp³-hybridized carbons (Fsp3) is 0.250. The second-order valence-electron chi connectivity index (χ2n) is 4.17. The lowest BCUT2D eigenvalue weighted by atomic mass is 10.3. The van der Waals surface area contributed by atoms with Gasteiger partial charge in [0.2, 0.25) is 11.9 Å². The molecule has 6 nitrogen and oxygen atoms in total. The van der Waals surface area contributed by atoms with Crippen molar-refractivity contribution in [2.24, 2.45) is 0 Å². The summed E-state index contributed by atoms with van der Waals surface area (Å²) in [7, 11) is 3.73. The fourth-order valence-electron chi connectivity index (χ4n) is 1.44. The minimum absolute atomic E-state index is 0.238. The summed E-state index contributed by atoms with van der Waals surface area (Å²) in [5.74, 6) is 2.08. The molecule has 2 aromatic rings. The molecule has 0 saturated carbocycles. The van der Waals surface area contributed by atoms with E-state index in [1.165, 1.54) is 0 Å². The fourth-order valence-corrected chi connectivity index (χ4v) is 2.26. The van der Waals surface area contributed by atoms with Crippen molar-refractivity contribution in [1.29, 1.82) is 0 Å². The zero-order valence-corrected chi connectivity index (χ0v) is 11.7. The molecule has 1 aromatic heterocycles. The van der Waals surface area contributed by atoms with E-state index in [0.717, 1.165) is 10.6 Å². The first-order chi connectivity index (χ1) is 9.04. The van der Waals surface area contributed by atoms with Crippen molar-refractivity contribution in [3.63, 3.8) is 0 Å². The van der Waals surface area contributed by atoms with E-state index in [4.69, 9.17) is 11.5 Å². The molecular formula is C12H16N6S. The van der Waals surface area contributed by atoms with Gasteiger partial charge in [-0.3, -0.25) is 0 Å². The van der Waals surface area contributed by atoms with Gasteiger partial charge in [0.15, 0.2) is 0 Å². The van der Waals surface area contributed by atoms with Crippen LogP contribution in [-0.2, 0) is 5.75 Å². The Morgan fingerprint density at radius 3 is 2.63 bits per heavy atom. The van der Waals surface area contributed by atoms with Crippen LogP contribution in [0.4, 0.5) is 17.6 Å². The molecule has 0 amide bonds. The zero-order valence-electron chi connectivity index (χ0n) is 10.9. The van der Waals surface area contributed by atoms with Gasteiger partial charge in [-0.15, -0.1) is 11.8 Å². The van der Waals surface area contributed by atoms with Gasteiger partial charge in [-0.1, -0.05) is 6.07 Å². The van der Waals surface area contributed by atoms with Crippen LogP contribution in [-0.4, -0.2) is 29.0 Å². The van der Waals surface area contributed by atoms with Crippen LogP contribution in [0.5, 0.6) is 0 Å². The molecule has 0 fully saturated rings. The van der Waals surface area contributed by atoms with Gasteiger partial charge in [0, 0.05) is 24.7 Å². The molecule has 1 heterocycles. The SMILES string of the molecule is CN(C)c1nc(N)nc(CSc2cccc(N)c2)n1. The van der Waals surface area contributed by atoms with Crippen LogP contribution in [0.25, 0.3) is 0 Å². The quantitative estimate of drug-likeness (QED) is 0.643. The molecule has 0 spiro atoms. The van der Waals surface area contributed by atoms with Crippen LogP contribution >= 0.6 is 11.8 Å². The molecular weight excluding hydrogens is 260 g/mol. The van der Waals surface area contributed by atoms with Crippen LogP contribution in [0.2, 0.25) is 0 Å². The van der Waals surface area contributed by atoms with Crippen molar-refractivity contribution >= 4 is 29.3 Å². The Balaban J connectivity index is 2.11. The molecule has 0 bridgehead atoms. The molecule has 1 aromatic carbocycles. The van der Waals surface area contributed by atoms with Crippen LogP contribution < -0.4 is 16.4 Å². The molecule has 0 aliphatic heterocycles. The Morgan fingerprint density at radius 1 is 1.16 bits per heavy atom. The maximum absolute atomic E-state index is 5.73. The Bertz CT molecular complexity index is 572. The van der Waals surface area contributed by atoms with Crippen molar-refractivity contribution in [2.75, 3.05) is 30.5 Å². The van der Waals surface area contributed by atoms with Gasteiger partial charge < -0.3 is 16.4 Å². The van der Waals surface area contributed by atoms with Gasteiger partial charge in [0.05, 0.1) is 5.75 Å². The molecule has 2 rings (SSSR count). The number of nitrogens with two attached hydrogens (primary N) is 2. The Kier molecular flexibility index (Phi) is 4.06. The van der Waals surface area contributed by atoms with Gasteiger partial charge in [0.25, 0.3) is 0 Å². The van der Waals surface area contributed by atoms with Crippen molar-refractivity contribution in [2.45, 2.75) is 10.6 Å². The maximum Gasteiger partial charge on any atom is 0.229 e. The highest BCUT2D eigenvalue weighted by atomic mass is 32.2. The van der Waals surface area contributed by atoms with E-state index >= 15 is 0 Å². The number of benzene rings is 1. The Morgan fingerprint density at radius 2 is 1.95 bits per heavy atom. The van der Waals surface area contributed by atoms with Crippen LogP contribution in [0, 0.1) is 0 Å². The Labute approximate surface area is 116 Å². The maximum atomic E-state index is 5.73. The number of nitrogen functional groups attached to an aromatic ring is 2. The highest BCUT2D eigenvalue weighted by Gasteiger charge is 2.06. The average Bonchev–Trinajstić information content (AvgIpc) is 2.36. The van der Waals surface area contributed by atoms with E-state index < -0.39 is 0 Å². The number of anilines is 3. The molecule has 19 heavy (non-hydrogen) atoms. The summed E-state index contributed by atoms with van der Waals surface area (Å²) < 4.78 is 0. The highest BCUT2D eigenvalue weighted by Crippen LogP contribution is 2.23. The minimum Gasteiger partial charge on any atom is -0.399 e. The first-order valence-corrected chi connectivity index (χ1v) is 6.69. The monoisotopic (exact) mass is 276 g/mol. The summed E-state index contributed by atoms with van der Waals surface area (Å²) in [4.78, 5) is 15.4. The first kappa shape index (κ1) is 13.4. The smallest absolute Gasteiger partial charge is 0.229 e. The molecule has 7 heteroatoms. The number of hydrogen-bond acceptors (Lipinski definition) is 7. The lowest BCUT2D eigenvalue weighted by Gasteiger charge is -2.11. The minimum atomic E-state index is 0.238. The van der Waals surface area contributed by atoms with Gasteiger partial charge in [-0.25, -0.2) is 0 Å². The molecule has 0 saturated heterocycles. The van der Waals surface area contributed by atoms with E-state index in [1.54, 1.807) is 16.7 Å².